The summed E-state index contributed by atoms with van der Waals surface area (Å²) < 4.78 is 12.4. The van der Waals surface area contributed by atoms with Gasteiger partial charge in [0, 0.05) is 15.5 Å². The second-order valence-corrected chi connectivity index (χ2v) is 8.61. The van der Waals surface area contributed by atoms with Gasteiger partial charge < -0.3 is 13.9 Å². The van der Waals surface area contributed by atoms with Crippen LogP contribution in [0.2, 0.25) is 0 Å². The van der Waals surface area contributed by atoms with Gasteiger partial charge in [-0.2, -0.15) is 0 Å². The van der Waals surface area contributed by atoms with Crippen LogP contribution in [0, 0.1) is 13.8 Å². The van der Waals surface area contributed by atoms with Crippen molar-refractivity contribution in [3.63, 3.8) is 0 Å². The van der Waals surface area contributed by atoms with Crippen molar-refractivity contribution in [1.82, 2.24) is 0 Å². The second kappa shape index (κ2) is 7.53. The van der Waals surface area contributed by atoms with E-state index in [1.165, 1.54) is 4.90 Å². The first-order valence-corrected chi connectivity index (χ1v) is 10.8. The molecule has 2 aromatic heterocycles. The summed E-state index contributed by atoms with van der Waals surface area (Å²) in [5.41, 5.74) is 1.86. The lowest BCUT2D eigenvalue weighted by molar-refractivity contribution is -0.117. The number of ketones is 1. The zero-order chi connectivity index (χ0) is 22.6. The zero-order valence-electron chi connectivity index (χ0n) is 17.3. The summed E-state index contributed by atoms with van der Waals surface area (Å²) in [7, 11) is 0. The maximum absolute atomic E-state index is 13.6. The summed E-state index contributed by atoms with van der Waals surface area (Å²) in [5.74, 6) is -0.806. The van der Waals surface area contributed by atoms with Crippen LogP contribution in [0.15, 0.2) is 85.3 Å². The van der Waals surface area contributed by atoms with E-state index in [2.05, 4.69) is 15.9 Å². The predicted octanol–water partition coefficient (Wildman–Crippen LogP) is 6.19. The van der Waals surface area contributed by atoms with Gasteiger partial charge in [0.1, 0.15) is 23.1 Å². The third-order valence-corrected chi connectivity index (χ3v) is 6.05. The summed E-state index contributed by atoms with van der Waals surface area (Å²) in [6.07, 6.45) is 0. The Balaban J connectivity index is 1.67. The smallest absolute Gasteiger partial charge is 0.294 e. The molecule has 4 aromatic rings. The van der Waals surface area contributed by atoms with Crippen molar-refractivity contribution in [3.8, 4) is 0 Å². The number of furan rings is 2. The Morgan fingerprint density at radius 1 is 1.03 bits per heavy atom. The van der Waals surface area contributed by atoms with Gasteiger partial charge in [0.2, 0.25) is 5.78 Å². The molecule has 0 spiro atoms. The fraction of sp³-hybridized carbons (Fsp3) is 0.120. The molecule has 0 aliphatic carbocycles. The SMILES string of the molecule is Cc1ccc(C2C(C(=O)c3cc4cc(Br)ccc4o3)=C(O)C(=O)N2c2ccccc2C)o1. The average Bonchev–Trinajstić information content (AvgIpc) is 3.45. The van der Waals surface area contributed by atoms with Crippen LogP contribution >= 0.6 is 15.9 Å². The number of rotatable bonds is 4. The van der Waals surface area contributed by atoms with Crippen LogP contribution in [0.25, 0.3) is 11.0 Å². The number of fused-ring (bicyclic) bond motifs is 1. The standard InChI is InChI=1S/C25H18BrNO5/c1-13-5-3-4-6-17(13)27-22(19-9-7-14(2)31-19)21(24(29)25(27)30)23(28)20-12-15-11-16(26)8-10-18(15)32-20/h3-12,22,29H,1-2H3. The number of para-hydroxylation sites is 1. The number of anilines is 1. The number of hydrogen-bond donors (Lipinski definition) is 1. The second-order valence-electron chi connectivity index (χ2n) is 7.70. The number of aliphatic hydroxyl groups is 1. The van der Waals surface area contributed by atoms with Gasteiger partial charge in [-0.1, -0.05) is 34.1 Å². The van der Waals surface area contributed by atoms with Crippen LogP contribution in [0.4, 0.5) is 5.69 Å². The number of nitrogens with zero attached hydrogens (tertiary/aromatic N) is 1. The predicted molar refractivity (Wildman–Crippen MR) is 123 cm³/mol. The van der Waals surface area contributed by atoms with Crippen molar-refractivity contribution in [1.29, 1.82) is 0 Å². The van der Waals surface area contributed by atoms with Crippen LogP contribution in [0.1, 0.15) is 33.7 Å². The molecule has 7 heteroatoms. The maximum atomic E-state index is 13.6. The Bertz CT molecular complexity index is 1430. The molecule has 0 saturated carbocycles. The number of amides is 1. The Kier molecular flexibility index (Phi) is 4.78. The van der Waals surface area contributed by atoms with Crippen molar-refractivity contribution < 1.29 is 23.5 Å². The van der Waals surface area contributed by atoms with E-state index in [-0.39, 0.29) is 11.3 Å². The summed E-state index contributed by atoms with van der Waals surface area (Å²) in [4.78, 5) is 28.2. The average molecular weight is 492 g/mol. The molecule has 2 aromatic carbocycles. The zero-order valence-corrected chi connectivity index (χ0v) is 18.8. The molecule has 0 fully saturated rings. The lowest BCUT2D eigenvalue weighted by Gasteiger charge is -2.26. The highest BCUT2D eigenvalue weighted by Gasteiger charge is 2.47. The van der Waals surface area contributed by atoms with Crippen LogP contribution < -0.4 is 4.90 Å². The number of carbonyl (C=O) groups excluding carboxylic acids is 2. The highest BCUT2D eigenvalue weighted by Crippen LogP contribution is 2.43. The van der Waals surface area contributed by atoms with Gasteiger partial charge in [0.05, 0.1) is 5.57 Å². The maximum Gasteiger partial charge on any atom is 0.294 e. The van der Waals surface area contributed by atoms with E-state index in [9.17, 15) is 14.7 Å². The minimum absolute atomic E-state index is 0.0346. The number of Topliss-reactive ketones (excluding diaryl/α,β-unsaturated/α-hetero) is 1. The van der Waals surface area contributed by atoms with E-state index in [4.69, 9.17) is 8.83 Å². The molecule has 3 heterocycles. The van der Waals surface area contributed by atoms with Crippen molar-refractivity contribution in [2.45, 2.75) is 19.9 Å². The molecule has 1 N–H and O–H groups in total. The van der Waals surface area contributed by atoms with Crippen LogP contribution in [-0.2, 0) is 4.79 Å². The molecule has 0 saturated heterocycles. The molecular formula is C25H18BrNO5. The minimum Gasteiger partial charge on any atom is -0.503 e. The lowest BCUT2D eigenvalue weighted by Crippen LogP contribution is -2.31. The van der Waals surface area contributed by atoms with Gasteiger partial charge in [-0.15, -0.1) is 0 Å². The minimum atomic E-state index is -0.926. The molecule has 1 amide bonds. The molecule has 1 unspecified atom stereocenters. The molecule has 1 aliphatic rings. The van der Waals surface area contributed by atoms with Gasteiger partial charge >= 0.3 is 0 Å². The summed E-state index contributed by atoms with van der Waals surface area (Å²) in [5, 5.41) is 11.6. The van der Waals surface area contributed by atoms with Crippen LogP contribution in [-0.4, -0.2) is 16.8 Å². The van der Waals surface area contributed by atoms with Crippen molar-refractivity contribution in [2.24, 2.45) is 0 Å². The number of hydrogen-bond acceptors (Lipinski definition) is 5. The first-order chi connectivity index (χ1) is 15.3. The molecule has 1 aliphatic heterocycles. The number of aliphatic hydroxyl groups excluding tert-OH is 1. The summed E-state index contributed by atoms with van der Waals surface area (Å²) in [6.45, 7) is 3.64. The van der Waals surface area contributed by atoms with E-state index in [1.807, 2.05) is 31.2 Å². The highest BCUT2D eigenvalue weighted by atomic mass is 79.9. The molecule has 0 radical (unpaired) electrons. The van der Waals surface area contributed by atoms with Crippen molar-refractivity contribution in [3.05, 3.63) is 99.3 Å². The van der Waals surface area contributed by atoms with Gasteiger partial charge in [-0.05, 0) is 61.9 Å². The fourth-order valence-electron chi connectivity index (χ4n) is 4.05. The normalized spacial score (nSPS) is 16.4. The summed E-state index contributed by atoms with van der Waals surface area (Å²) in [6, 6.07) is 16.8. The topological polar surface area (TPSA) is 83.9 Å². The Labute approximate surface area is 191 Å². The van der Waals surface area contributed by atoms with Gasteiger partial charge in [-0.3, -0.25) is 14.5 Å². The van der Waals surface area contributed by atoms with E-state index in [0.717, 1.165) is 15.4 Å². The fourth-order valence-corrected chi connectivity index (χ4v) is 4.43. The van der Waals surface area contributed by atoms with Gasteiger partial charge in [0.25, 0.3) is 5.91 Å². The Hall–Kier alpha value is -3.58. The molecule has 32 heavy (non-hydrogen) atoms. The first-order valence-electron chi connectivity index (χ1n) is 9.97. The quantitative estimate of drug-likeness (QED) is 0.344. The van der Waals surface area contributed by atoms with Crippen molar-refractivity contribution in [2.75, 3.05) is 4.90 Å². The molecule has 6 nitrogen and oxygen atoms in total. The first kappa shape index (κ1) is 20.3. The van der Waals surface area contributed by atoms with Gasteiger partial charge in [-0.25, -0.2) is 0 Å². The number of halogens is 1. The molecular weight excluding hydrogens is 474 g/mol. The number of benzene rings is 2. The third kappa shape index (κ3) is 3.17. The molecule has 5 rings (SSSR count). The highest BCUT2D eigenvalue weighted by molar-refractivity contribution is 9.10. The largest absolute Gasteiger partial charge is 0.503 e. The van der Waals surface area contributed by atoms with Gasteiger partial charge in [0.15, 0.2) is 11.5 Å². The Morgan fingerprint density at radius 3 is 2.53 bits per heavy atom. The molecule has 160 valence electrons. The van der Waals surface area contributed by atoms with Crippen LogP contribution in [0.3, 0.4) is 0 Å². The Morgan fingerprint density at radius 2 is 1.81 bits per heavy atom. The number of carbonyl (C=O) groups is 2. The van der Waals surface area contributed by atoms with E-state index in [1.54, 1.807) is 43.3 Å². The number of aryl methyl sites for hydroxylation is 2. The molecule has 0 bridgehead atoms. The van der Waals surface area contributed by atoms with Crippen LogP contribution in [0.5, 0.6) is 0 Å². The lowest BCUT2D eigenvalue weighted by atomic mass is 9.99. The summed E-state index contributed by atoms with van der Waals surface area (Å²) >= 11 is 3.41. The third-order valence-electron chi connectivity index (χ3n) is 5.56. The van der Waals surface area contributed by atoms with Crippen molar-refractivity contribution >= 4 is 44.3 Å². The monoisotopic (exact) mass is 491 g/mol. The molecule has 1 atom stereocenters. The van der Waals surface area contributed by atoms with E-state index < -0.39 is 23.5 Å². The van der Waals surface area contributed by atoms with E-state index >= 15 is 0 Å². The van der Waals surface area contributed by atoms with E-state index in [0.29, 0.717) is 22.8 Å².